The normalized spacial score (nSPS) is 14.4. The Morgan fingerprint density at radius 1 is 1.33 bits per heavy atom. The maximum Gasteiger partial charge on any atom is 0.141 e. The summed E-state index contributed by atoms with van der Waals surface area (Å²) in [6, 6.07) is 3.01. The first-order valence-electron chi connectivity index (χ1n) is 6.04. The Kier molecular flexibility index (Phi) is 3.43. The summed E-state index contributed by atoms with van der Waals surface area (Å²) in [4.78, 5) is 4.10. The van der Waals surface area contributed by atoms with E-state index in [1.165, 1.54) is 12.3 Å². The number of aryl methyl sites for hydroxylation is 1. The molecule has 0 saturated heterocycles. The van der Waals surface area contributed by atoms with Crippen LogP contribution in [0.5, 0.6) is 0 Å². The highest BCUT2D eigenvalue weighted by molar-refractivity contribution is 5.31. The lowest BCUT2D eigenvalue weighted by Crippen LogP contribution is -2.37. The van der Waals surface area contributed by atoms with Gasteiger partial charge in [-0.25, -0.2) is 4.39 Å². The van der Waals surface area contributed by atoms with E-state index in [4.69, 9.17) is 5.73 Å². The second-order valence-corrected chi connectivity index (χ2v) is 4.27. The largest absolute Gasteiger partial charge is 0.316 e. The highest BCUT2D eigenvalue weighted by Crippen LogP contribution is 2.28. The minimum atomic E-state index is -0.721. The van der Waals surface area contributed by atoms with Crippen LogP contribution in [-0.4, -0.2) is 14.8 Å². The van der Waals surface area contributed by atoms with Crippen LogP contribution >= 0.6 is 0 Å². The highest BCUT2D eigenvalue weighted by Gasteiger charge is 2.30. The van der Waals surface area contributed by atoms with Gasteiger partial charge < -0.3 is 5.73 Å². The fourth-order valence-corrected chi connectivity index (χ4v) is 1.94. The first-order valence-corrected chi connectivity index (χ1v) is 6.04. The predicted octanol–water partition coefficient (Wildman–Crippen LogP) is 2.05. The summed E-state index contributed by atoms with van der Waals surface area (Å²) in [7, 11) is 0. The van der Waals surface area contributed by atoms with Crippen LogP contribution in [0.1, 0.15) is 31.5 Å². The molecule has 2 heterocycles. The number of nitrogens with zero attached hydrogens (tertiary/aromatic N) is 3. The maximum atomic E-state index is 12.9. The van der Waals surface area contributed by atoms with Crippen LogP contribution in [0.15, 0.2) is 30.7 Å². The molecule has 4 nitrogen and oxygen atoms in total. The Hall–Kier alpha value is -1.75. The van der Waals surface area contributed by atoms with Crippen molar-refractivity contribution in [1.82, 2.24) is 14.8 Å². The molecule has 0 spiro atoms. The Labute approximate surface area is 106 Å². The number of pyridine rings is 1. The van der Waals surface area contributed by atoms with Gasteiger partial charge in [0, 0.05) is 18.3 Å². The van der Waals surface area contributed by atoms with E-state index in [9.17, 15) is 4.39 Å². The maximum absolute atomic E-state index is 12.9. The average molecular weight is 248 g/mol. The van der Waals surface area contributed by atoms with Gasteiger partial charge in [0.05, 0.1) is 23.6 Å². The zero-order chi connectivity index (χ0) is 13.2. The van der Waals surface area contributed by atoms with Gasteiger partial charge >= 0.3 is 0 Å². The van der Waals surface area contributed by atoms with Gasteiger partial charge in [0.25, 0.3) is 0 Å². The Morgan fingerprint density at radius 3 is 2.61 bits per heavy atom. The molecular weight excluding hydrogens is 231 g/mol. The van der Waals surface area contributed by atoms with E-state index >= 15 is 0 Å². The van der Waals surface area contributed by atoms with E-state index in [1.807, 2.05) is 24.7 Å². The quantitative estimate of drug-likeness (QED) is 0.901. The molecule has 0 aromatic carbocycles. The minimum Gasteiger partial charge on any atom is -0.316 e. The SMILES string of the molecule is CCn1cc(C(N)(CC)c2ccc(F)cn2)cn1. The van der Waals surface area contributed by atoms with Crippen molar-refractivity contribution in [2.45, 2.75) is 32.4 Å². The molecule has 2 rings (SSSR count). The molecule has 1 atom stereocenters. The summed E-state index contributed by atoms with van der Waals surface area (Å²) in [6.45, 7) is 4.78. The summed E-state index contributed by atoms with van der Waals surface area (Å²) >= 11 is 0. The van der Waals surface area contributed by atoms with Gasteiger partial charge in [-0.1, -0.05) is 6.92 Å². The summed E-state index contributed by atoms with van der Waals surface area (Å²) < 4.78 is 14.7. The van der Waals surface area contributed by atoms with Crippen molar-refractivity contribution >= 4 is 0 Å². The van der Waals surface area contributed by atoms with Crippen molar-refractivity contribution < 1.29 is 4.39 Å². The van der Waals surface area contributed by atoms with E-state index in [2.05, 4.69) is 10.1 Å². The molecule has 0 radical (unpaired) electrons. The third-order valence-electron chi connectivity index (χ3n) is 3.21. The molecule has 18 heavy (non-hydrogen) atoms. The van der Waals surface area contributed by atoms with Crippen molar-refractivity contribution in [2.75, 3.05) is 0 Å². The van der Waals surface area contributed by atoms with E-state index in [-0.39, 0.29) is 5.82 Å². The molecule has 0 bridgehead atoms. The summed E-state index contributed by atoms with van der Waals surface area (Å²) in [5.74, 6) is -0.360. The predicted molar refractivity (Wildman–Crippen MR) is 67.4 cm³/mol. The number of aromatic nitrogens is 3. The lowest BCUT2D eigenvalue weighted by molar-refractivity contribution is 0.497. The van der Waals surface area contributed by atoms with Crippen LogP contribution in [-0.2, 0) is 12.1 Å². The summed E-state index contributed by atoms with van der Waals surface area (Å²) in [6.07, 6.45) is 5.52. The number of halogens is 1. The van der Waals surface area contributed by atoms with Crippen molar-refractivity contribution in [2.24, 2.45) is 5.73 Å². The molecule has 0 aliphatic carbocycles. The standard InChI is InChI=1S/C13H17FN4/c1-3-13(15,10-7-17-18(4-2)9-10)12-6-5-11(14)8-16-12/h5-9H,3-4,15H2,1-2H3. The Balaban J connectivity index is 2.43. The lowest BCUT2D eigenvalue weighted by atomic mass is 9.87. The van der Waals surface area contributed by atoms with Gasteiger partial charge in [-0.2, -0.15) is 5.10 Å². The fourth-order valence-electron chi connectivity index (χ4n) is 1.94. The molecule has 2 N–H and O–H groups in total. The zero-order valence-corrected chi connectivity index (χ0v) is 10.6. The van der Waals surface area contributed by atoms with Crippen LogP contribution in [0.3, 0.4) is 0 Å². The van der Waals surface area contributed by atoms with E-state index in [1.54, 1.807) is 12.3 Å². The molecule has 0 fully saturated rings. The number of nitrogens with two attached hydrogens (primary N) is 1. The lowest BCUT2D eigenvalue weighted by Gasteiger charge is -2.26. The zero-order valence-electron chi connectivity index (χ0n) is 10.6. The Morgan fingerprint density at radius 2 is 2.11 bits per heavy atom. The molecule has 0 amide bonds. The van der Waals surface area contributed by atoms with Gasteiger partial charge in [0.2, 0.25) is 0 Å². The van der Waals surface area contributed by atoms with Crippen LogP contribution < -0.4 is 5.73 Å². The molecule has 0 aliphatic rings. The molecule has 2 aromatic heterocycles. The monoisotopic (exact) mass is 248 g/mol. The third kappa shape index (κ3) is 2.13. The molecule has 0 aliphatic heterocycles. The van der Waals surface area contributed by atoms with Gasteiger partial charge in [0.1, 0.15) is 5.82 Å². The molecule has 96 valence electrons. The Bertz CT molecular complexity index is 520. The molecule has 0 saturated carbocycles. The van der Waals surface area contributed by atoms with Crippen LogP contribution in [0.4, 0.5) is 4.39 Å². The van der Waals surface area contributed by atoms with Gasteiger partial charge in [-0.3, -0.25) is 9.67 Å². The van der Waals surface area contributed by atoms with Crippen molar-refractivity contribution in [1.29, 1.82) is 0 Å². The van der Waals surface area contributed by atoms with Crippen molar-refractivity contribution in [3.63, 3.8) is 0 Å². The number of rotatable bonds is 4. The average Bonchev–Trinajstić information content (AvgIpc) is 2.88. The first-order chi connectivity index (χ1) is 8.60. The fraction of sp³-hybridized carbons (Fsp3) is 0.385. The molecule has 1 unspecified atom stereocenters. The van der Waals surface area contributed by atoms with Gasteiger partial charge in [-0.05, 0) is 25.5 Å². The number of hydrogen-bond acceptors (Lipinski definition) is 3. The van der Waals surface area contributed by atoms with E-state index in [0.29, 0.717) is 12.1 Å². The van der Waals surface area contributed by atoms with E-state index < -0.39 is 5.54 Å². The number of hydrogen-bond donors (Lipinski definition) is 1. The molecule has 2 aromatic rings. The third-order valence-corrected chi connectivity index (χ3v) is 3.21. The van der Waals surface area contributed by atoms with Crippen molar-refractivity contribution in [3.8, 4) is 0 Å². The second-order valence-electron chi connectivity index (χ2n) is 4.27. The minimum absolute atomic E-state index is 0.360. The second kappa shape index (κ2) is 4.86. The first kappa shape index (κ1) is 12.7. The summed E-state index contributed by atoms with van der Waals surface area (Å²) in [5, 5.41) is 4.23. The van der Waals surface area contributed by atoms with E-state index in [0.717, 1.165) is 12.1 Å². The van der Waals surface area contributed by atoms with Gasteiger partial charge in [0.15, 0.2) is 0 Å². The van der Waals surface area contributed by atoms with Crippen LogP contribution in [0, 0.1) is 5.82 Å². The van der Waals surface area contributed by atoms with Crippen LogP contribution in [0.25, 0.3) is 0 Å². The smallest absolute Gasteiger partial charge is 0.141 e. The van der Waals surface area contributed by atoms with Crippen LogP contribution in [0.2, 0.25) is 0 Å². The highest BCUT2D eigenvalue weighted by atomic mass is 19.1. The molecule has 5 heteroatoms. The topological polar surface area (TPSA) is 56.7 Å². The van der Waals surface area contributed by atoms with Crippen molar-refractivity contribution in [3.05, 3.63) is 47.8 Å². The summed E-state index contributed by atoms with van der Waals surface area (Å²) in [5.41, 5.74) is 7.25. The molecular formula is C13H17FN4. The van der Waals surface area contributed by atoms with Gasteiger partial charge in [-0.15, -0.1) is 0 Å².